The summed E-state index contributed by atoms with van der Waals surface area (Å²) in [4.78, 5) is 1.11. The number of thiophene rings is 2. The van der Waals surface area contributed by atoms with Crippen molar-refractivity contribution in [3.8, 4) is 0 Å². The third-order valence-electron chi connectivity index (χ3n) is 3.00. The monoisotopic (exact) mass is 311 g/mol. The molecule has 0 fully saturated rings. The Bertz CT molecular complexity index is 691. The van der Waals surface area contributed by atoms with Gasteiger partial charge in [-0.1, -0.05) is 23.7 Å². The third-order valence-corrected chi connectivity index (χ3v) is 5.64. The van der Waals surface area contributed by atoms with Gasteiger partial charge in [-0.25, -0.2) is 4.39 Å². The van der Waals surface area contributed by atoms with Gasteiger partial charge in [0, 0.05) is 20.3 Å². The minimum Gasteiger partial charge on any atom is -0.323 e. The van der Waals surface area contributed by atoms with E-state index in [0.29, 0.717) is 6.42 Å². The van der Waals surface area contributed by atoms with E-state index in [9.17, 15) is 4.39 Å². The molecule has 5 heteroatoms. The molecular formula is C14H11ClFNS2. The van der Waals surface area contributed by atoms with Crippen molar-refractivity contribution in [3.63, 3.8) is 0 Å². The Morgan fingerprint density at radius 3 is 2.89 bits per heavy atom. The van der Waals surface area contributed by atoms with E-state index in [0.717, 1.165) is 10.4 Å². The van der Waals surface area contributed by atoms with Crippen LogP contribution in [0, 0.1) is 5.82 Å². The molecule has 2 heterocycles. The van der Waals surface area contributed by atoms with Crippen LogP contribution < -0.4 is 5.73 Å². The fraction of sp³-hybridized carbons (Fsp3) is 0.143. The first kappa shape index (κ1) is 13.1. The fourth-order valence-corrected chi connectivity index (χ4v) is 4.33. The largest absolute Gasteiger partial charge is 0.323 e. The maximum absolute atomic E-state index is 13.4. The molecule has 1 atom stereocenters. The second-order valence-electron chi connectivity index (χ2n) is 4.32. The van der Waals surface area contributed by atoms with Crippen LogP contribution in [0.2, 0.25) is 5.02 Å². The molecule has 0 spiro atoms. The van der Waals surface area contributed by atoms with Crippen molar-refractivity contribution in [1.82, 2.24) is 0 Å². The van der Waals surface area contributed by atoms with Crippen LogP contribution in [0.4, 0.5) is 4.39 Å². The summed E-state index contributed by atoms with van der Waals surface area (Å²) in [6.45, 7) is 0. The minimum absolute atomic E-state index is 0.149. The number of hydrogen-bond acceptors (Lipinski definition) is 3. The molecule has 0 amide bonds. The van der Waals surface area contributed by atoms with Crippen molar-refractivity contribution in [2.45, 2.75) is 12.5 Å². The summed E-state index contributed by atoms with van der Waals surface area (Å²) in [5.74, 6) is -0.390. The lowest BCUT2D eigenvalue weighted by molar-refractivity contribution is 0.623. The molecule has 0 aliphatic rings. The van der Waals surface area contributed by atoms with Gasteiger partial charge in [0.15, 0.2) is 0 Å². The summed E-state index contributed by atoms with van der Waals surface area (Å²) in [6, 6.07) is 8.90. The van der Waals surface area contributed by atoms with Crippen molar-refractivity contribution >= 4 is 43.7 Å². The van der Waals surface area contributed by atoms with E-state index in [4.69, 9.17) is 17.3 Å². The number of benzene rings is 1. The van der Waals surface area contributed by atoms with Crippen molar-refractivity contribution in [3.05, 3.63) is 57.0 Å². The Hall–Kier alpha value is -0.940. The highest BCUT2D eigenvalue weighted by Crippen LogP contribution is 2.34. The third kappa shape index (κ3) is 2.54. The van der Waals surface area contributed by atoms with Crippen LogP contribution in [0.1, 0.15) is 16.5 Å². The van der Waals surface area contributed by atoms with Crippen LogP contribution in [-0.4, -0.2) is 0 Å². The Labute approximate surface area is 123 Å². The van der Waals surface area contributed by atoms with Crippen LogP contribution in [0.5, 0.6) is 0 Å². The predicted octanol–water partition coefficient (Wildman–Crippen LogP) is 5.00. The standard InChI is InChI=1S/C14H11ClFNS2/c15-14-8(2-1-3-9(14)16)6-10(17)12-7-13-11(19-12)4-5-18-13/h1-5,7,10H,6,17H2. The van der Waals surface area contributed by atoms with Crippen LogP contribution in [0.3, 0.4) is 0 Å². The summed E-state index contributed by atoms with van der Waals surface area (Å²) >= 11 is 9.35. The molecule has 0 saturated heterocycles. The molecule has 0 saturated carbocycles. The molecule has 1 aromatic carbocycles. The summed E-state index contributed by atoms with van der Waals surface area (Å²) in [5.41, 5.74) is 6.96. The van der Waals surface area contributed by atoms with Gasteiger partial charge in [0.05, 0.1) is 5.02 Å². The average Bonchev–Trinajstić information content (AvgIpc) is 2.95. The molecule has 0 aliphatic carbocycles. The minimum atomic E-state index is -0.390. The molecule has 3 aromatic rings. The van der Waals surface area contributed by atoms with Crippen molar-refractivity contribution < 1.29 is 4.39 Å². The molecule has 1 unspecified atom stereocenters. The molecule has 0 aliphatic heterocycles. The van der Waals surface area contributed by atoms with Gasteiger partial charge in [-0.2, -0.15) is 0 Å². The number of hydrogen-bond donors (Lipinski definition) is 1. The van der Waals surface area contributed by atoms with E-state index in [1.807, 2.05) is 6.07 Å². The van der Waals surface area contributed by atoms with Crippen LogP contribution in [-0.2, 0) is 6.42 Å². The van der Waals surface area contributed by atoms with Crippen molar-refractivity contribution in [2.75, 3.05) is 0 Å². The highest BCUT2D eigenvalue weighted by atomic mass is 35.5. The molecular weight excluding hydrogens is 301 g/mol. The first-order valence-corrected chi connectivity index (χ1v) is 7.88. The highest BCUT2D eigenvalue weighted by molar-refractivity contribution is 7.26. The van der Waals surface area contributed by atoms with Crippen LogP contribution >= 0.6 is 34.3 Å². The van der Waals surface area contributed by atoms with E-state index in [2.05, 4.69) is 17.5 Å². The zero-order valence-electron chi connectivity index (χ0n) is 9.90. The molecule has 2 N–H and O–H groups in total. The predicted molar refractivity (Wildman–Crippen MR) is 81.7 cm³/mol. The van der Waals surface area contributed by atoms with Crippen LogP contribution in [0.15, 0.2) is 35.7 Å². The van der Waals surface area contributed by atoms with Gasteiger partial charge in [-0.05, 0) is 35.6 Å². The summed E-state index contributed by atoms with van der Waals surface area (Å²) in [6.07, 6.45) is 0.546. The van der Waals surface area contributed by atoms with E-state index >= 15 is 0 Å². The number of nitrogens with two attached hydrogens (primary N) is 1. The average molecular weight is 312 g/mol. The van der Waals surface area contributed by atoms with E-state index in [-0.39, 0.29) is 11.1 Å². The smallest absolute Gasteiger partial charge is 0.142 e. The second-order valence-corrected chi connectivity index (χ2v) is 6.76. The van der Waals surface area contributed by atoms with Gasteiger partial charge >= 0.3 is 0 Å². The van der Waals surface area contributed by atoms with E-state index in [1.165, 1.54) is 15.5 Å². The highest BCUT2D eigenvalue weighted by Gasteiger charge is 2.14. The van der Waals surface area contributed by atoms with Crippen molar-refractivity contribution in [1.29, 1.82) is 0 Å². The molecule has 2 aromatic heterocycles. The van der Waals surface area contributed by atoms with Crippen LogP contribution in [0.25, 0.3) is 9.40 Å². The van der Waals surface area contributed by atoms with Gasteiger partial charge < -0.3 is 5.73 Å². The summed E-state index contributed by atoms with van der Waals surface area (Å²) in [5, 5.41) is 2.25. The Morgan fingerprint density at radius 1 is 1.26 bits per heavy atom. The fourth-order valence-electron chi connectivity index (χ4n) is 2.01. The van der Waals surface area contributed by atoms with Gasteiger partial charge in [0.1, 0.15) is 5.82 Å². The Balaban J connectivity index is 1.86. The molecule has 98 valence electrons. The lowest BCUT2D eigenvalue weighted by atomic mass is 10.1. The lowest BCUT2D eigenvalue weighted by Crippen LogP contribution is -2.12. The first-order chi connectivity index (χ1) is 9.15. The molecule has 0 radical (unpaired) electrons. The lowest BCUT2D eigenvalue weighted by Gasteiger charge is -2.11. The Kier molecular flexibility index (Phi) is 3.58. The van der Waals surface area contributed by atoms with E-state index in [1.54, 1.807) is 28.7 Å². The first-order valence-electron chi connectivity index (χ1n) is 5.80. The number of halogens is 2. The van der Waals surface area contributed by atoms with Gasteiger partial charge in [0.2, 0.25) is 0 Å². The van der Waals surface area contributed by atoms with Gasteiger partial charge in [-0.15, -0.1) is 22.7 Å². The molecule has 1 nitrogen and oxygen atoms in total. The topological polar surface area (TPSA) is 26.0 Å². The van der Waals surface area contributed by atoms with Crippen molar-refractivity contribution in [2.24, 2.45) is 5.73 Å². The summed E-state index contributed by atoms with van der Waals surface area (Å²) < 4.78 is 15.9. The summed E-state index contributed by atoms with van der Waals surface area (Å²) in [7, 11) is 0. The second kappa shape index (κ2) is 5.21. The molecule has 19 heavy (non-hydrogen) atoms. The normalized spacial score (nSPS) is 13.0. The van der Waals surface area contributed by atoms with E-state index < -0.39 is 5.82 Å². The van der Waals surface area contributed by atoms with Gasteiger partial charge in [0.25, 0.3) is 0 Å². The number of rotatable bonds is 3. The zero-order valence-corrected chi connectivity index (χ0v) is 12.3. The Morgan fingerprint density at radius 2 is 2.11 bits per heavy atom. The maximum Gasteiger partial charge on any atom is 0.142 e. The molecule has 0 bridgehead atoms. The van der Waals surface area contributed by atoms with Gasteiger partial charge in [-0.3, -0.25) is 0 Å². The maximum atomic E-state index is 13.4. The number of fused-ring (bicyclic) bond motifs is 1. The quantitative estimate of drug-likeness (QED) is 0.724. The SMILES string of the molecule is NC(Cc1cccc(F)c1Cl)c1cc2sccc2s1. The molecule has 3 rings (SSSR count). The zero-order chi connectivity index (χ0) is 13.4.